The molecule has 8 nitrogen and oxygen atoms in total. The molecule has 0 saturated carbocycles. The van der Waals surface area contributed by atoms with E-state index in [0.717, 1.165) is 24.3 Å². The van der Waals surface area contributed by atoms with Gasteiger partial charge in [-0.2, -0.15) is 4.72 Å². The van der Waals surface area contributed by atoms with Crippen molar-refractivity contribution in [1.29, 1.82) is 0 Å². The summed E-state index contributed by atoms with van der Waals surface area (Å²) in [5.74, 6) is -1.29. The zero-order chi connectivity index (χ0) is 23.3. The Balaban J connectivity index is 1.90. The van der Waals surface area contributed by atoms with E-state index in [4.69, 9.17) is 0 Å². The summed E-state index contributed by atoms with van der Waals surface area (Å²) in [5, 5.41) is 13.6. The molecule has 0 spiro atoms. The third-order valence-electron chi connectivity index (χ3n) is 4.71. The largest absolute Gasteiger partial charge is 0.324 e. The molecular formula is C22H20FN3O5S. The van der Waals surface area contributed by atoms with E-state index in [1.807, 2.05) is 0 Å². The number of nitro benzene ring substituents is 1. The fraction of sp³-hybridized carbons (Fsp3) is 0.136. The fourth-order valence-electron chi connectivity index (χ4n) is 2.98. The number of aryl methyl sites for hydroxylation is 1. The Morgan fingerprint density at radius 2 is 1.72 bits per heavy atom. The number of carbonyl (C=O) groups is 1. The zero-order valence-electron chi connectivity index (χ0n) is 17.0. The minimum absolute atomic E-state index is 0.0288. The van der Waals surface area contributed by atoms with Crippen molar-refractivity contribution in [1.82, 2.24) is 4.72 Å². The number of halogens is 1. The van der Waals surface area contributed by atoms with Crippen LogP contribution in [0.25, 0.3) is 0 Å². The summed E-state index contributed by atoms with van der Waals surface area (Å²) in [5.41, 5.74) is 1.26. The lowest BCUT2D eigenvalue weighted by Crippen LogP contribution is -2.45. The fourth-order valence-corrected chi connectivity index (χ4v) is 4.18. The molecule has 10 heteroatoms. The first-order valence-electron chi connectivity index (χ1n) is 9.53. The molecule has 0 saturated heterocycles. The van der Waals surface area contributed by atoms with E-state index < -0.39 is 32.7 Å². The maximum absolute atomic E-state index is 13.2. The summed E-state index contributed by atoms with van der Waals surface area (Å²) in [6.45, 7) is 1.66. The second-order valence-electron chi connectivity index (χ2n) is 7.06. The van der Waals surface area contributed by atoms with E-state index in [-0.39, 0.29) is 22.7 Å². The molecule has 3 rings (SSSR count). The second kappa shape index (κ2) is 9.67. The monoisotopic (exact) mass is 457 g/mol. The number of nitrogens with one attached hydrogen (secondary N) is 2. The molecule has 166 valence electrons. The van der Waals surface area contributed by atoms with Crippen LogP contribution >= 0.6 is 0 Å². The van der Waals surface area contributed by atoms with Crippen LogP contribution in [0.3, 0.4) is 0 Å². The number of non-ortho nitro benzene ring substituents is 1. The molecule has 0 bridgehead atoms. The normalized spacial score (nSPS) is 12.2. The average Bonchev–Trinajstić information content (AvgIpc) is 2.75. The van der Waals surface area contributed by atoms with Crippen molar-refractivity contribution in [2.45, 2.75) is 24.3 Å². The van der Waals surface area contributed by atoms with E-state index in [1.165, 1.54) is 18.2 Å². The van der Waals surface area contributed by atoms with E-state index in [2.05, 4.69) is 10.0 Å². The Morgan fingerprint density at radius 3 is 2.34 bits per heavy atom. The van der Waals surface area contributed by atoms with Crippen LogP contribution in [-0.4, -0.2) is 25.3 Å². The number of hydrogen-bond donors (Lipinski definition) is 2. The van der Waals surface area contributed by atoms with Gasteiger partial charge in [0.1, 0.15) is 11.9 Å². The van der Waals surface area contributed by atoms with Gasteiger partial charge in [0, 0.05) is 12.1 Å². The summed E-state index contributed by atoms with van der Waals surface area (Å²) in [4.78, 5) is 23.3. The number of hydrogen-bond acceptors (Lipinski definition) is 5. The Labute approximate surface area is 184 Å². The van der Waals surface area contributed by atoms with Gasteiger partial charge in [0.15, 0.2) is 0 Å². The van der Waals surface area contributed by atoms with Crippen molar-refractivity contribution < 1.29 is 22.5 Å². The van der Waals surface area contributed by atoms with Gasteiger partial charge in [-0.3, -0.25) is 14.9 Å². The highest BCUT2D eigenvalue weighted by Crippen LogP contribution is 2.22. The van der Waals surface area contributed by atoms with E-state index in [9.17, 15) is 27.7 Å². The molecule has 3 aromatic carbocycles. The Kier molecular flexibility index (Phi) is 6.96. The van der Waals surface area contributed by atoms with Crippen molar-refractivity contribution in [2.24, 2.45) is 0 Å². The molecule has 0 fully saturated rings. The first-order valence-corrected chi connectivity index (χ1v) is 11.0. The molecule has 0 unspecified atom stereocenters. The Bertz CT molecular complexity index is 1230. The molecule has 0 heterocycles. The molecule has 2 N–H and O–H groups in total. The SMILES string of the molecule is Cc1ccc([N+](=O)[O-])cc1NC(=O)[C@@H](Cc1ccccc1)NS(=O)(=O)c1ccc(F)cc1. The van der Waals surface area contributed by atoms with Crippen LogP contribution in [0.4, 0.5) is 15.8 Å². The van der Waals surface area contributed by atoms with Gasteiger partial charge in [0.25, 0.3) is 5.69 Å². The highest BCUT2D eigenvalue weighted by Gasteiger charge is 2.27. The van der Waals surface area contributed by atoms with Gasteiger partial charge in [0.2, 0.25) is 15.9 Å². The average molecular weight is 457 g/mol. The summed E-state index contributed by atoms with van der Waals surface area (Å²) in [7, 11) is -4.15. The molecular weight excluding hydrogens is 437 g/mol. The molecule has 32 heavy (non-hydrogen) atoms. The minimum atomic E-state index is -4.15. The molecule has 0 radical (unpaired) electrons. The summed E-state index contributed by atoms with van der Waals surface area (Å²) >= 11 is 0. The minimum Gasteiger partial charge on any atom is -0.324 e. The first kappa shape index (κ1) is 23.0. The topological polar surface area (TPSA) is 118 Å². The van der Waals surface area contributed by atoms with Crippen LogP contribution in [0.1, 0.15) is 11.1 Å². The van der Waals surface area contributed by atoms with Crippen molar-refractivity contribution >= 4 is 27.3 Å². The lowest BCUT2D eigenvalue weighted by Gasteiger charge is -2.19. The molecule has 3 aromatic rings. The number of amides is 1. The van der Waals surface area contributed by atoms with E-state index in [1.54, 1.807) is 37.3 Å². The third kappa shape index (κ3) is 5.74. The number of anilines is 1. The number of nitrogens with zero attached hydrogens (tertiary/aromatic N) is 1. The first-order chi connectivity index (χ1) is 15.2. The number of carbonyl (C=O) groups excluding carboxylic acids is 1. The maximum atomic E-state index is 13.2. The second-order valence-corrected chi connectivity index (χ2v) is 8.78. The predicted octanol–water partition coefficient (Wildman–Crippen LogP) is 3.57. The molecule has 1 atom stereocenters. The van der Waals surface area contributed by atoms with Crippen LogP contribution in [-0.2, 0) is 21.2 Å². The van der Waals surface area contributed by atoms with Gasteiger partial charge >= 0.3 is 0 Å². The van der Waals surface area contributed by atoms with Crippen LogP contribution in [0.15, 0.2) is 77.7 Å². The highest BCUT2D eigenvalue weighted by atomic mass is 32.2. The highest BCUT2D eigenvalue weighted by molar-refractivity contribution is 7.89. The van der Waals surface area contributed by atoms with Crippen molar-refractivity contribution in [3.05, 3.63) is 99.9 Å². The maximum Gasteiger partial charge on any atom is 0.271 e. The van der Waals surface area contributed by atoms with Gasteiger partial charge in [0.05, 0.1) is 15.5 Å². The van der Waals surface area contributed by atoms with Crippen LogP contribution in [0.2, 0.25) is 0 Å². The Hall–Kier alpha value is -3.63. The quantitative estimate of drug-likeness (QED) is 0.396. The van der Waals surface area contributed by atoms with Crippen LogP contribution in [0, 0.1) is 22.9 Å². The summed E-state index contributed by atoms with van der Waals surface area (Å²) in [6.07, 6.45) is 0.0288. The lowest BCUT2D eigenvalue weighted by atomic mass is 10.1. The van der Waals surface area contributed by atoms with Gasteiger partial charge in [-0.1, -0.05) is 36.4 Å². The van der Waals surface area contributed by atoms with Crippen LogP contribution < -0.4 is 10.0 Å². The van der Waals surface area contributed by atoms with E-state index >= 15 is 0 Å². The predicted molar refractivity (Wildman–Crippen MR) is 117 cm³/mol. The van der Waals surface area contributed by atoms with Gasteiger partial charge in [-0.25, -0.2) is 12.8 Å². The molecule has 0 aliphatic rings. The third-order valence-corrected chi connectivity index (χ3v) is 6.20. The van der Waals surface area contributed by atoms with Crippen molar-refractivity contribution in [3.63, 3.8) is 0 Å². The summed E-state index contributed by atoms with van der Waals surface area (Å²) < 4.78 is 41.2. The molecule has 1 amide bonds. The van der Waals surface area contributed by atoms with Gasteiger partial charge in [-0.15, -0.1) is 0 Å². The summed E-state index contributed by atoms with van der Waals surface area (Å²) in [6, 6.07) is 15.8. The van der Waals surface area contributed by atoms with Crippen molar-refractivity contribution in [3.8, 4) is 0 Å². The number of rotatable bonds is 8. The van der Waals surface area contributed by atoms with Crippen LogP contribution in [0.5, 0.6) is 0 Å². The molecule has 0 aromatic heterocycles. The Morgan fingerprint density at radius 1 is 1.06 bits per heavy atom. The number of benzene rings is 3. The number of nitro groups is 1. The zero-order valence-corrected chi connectivity index (χ0v) is 17.8. The smallest absolute Gasteiger partial charge is 0.271 e. The van der Waals surface area contributed by atoms with Gasteiger partial charge in [-0.05, 0) is 48.7 Å². The van der Waals surface area contributed by atoms with Crippen molar-refractivity contribution in [2.75, 3.05) is 5.32 Å². The standard InChI is InChI=1S/C22H20FN3O5S/c1-15-7-10-18(26(28)29)14-20(15)24-22(27)21(13-16-5-3-2-4-6-16)25-32(30,31)19-11-8-17(23)9-12-19/h2-12,14,21,25H,13H2,1H3,(H,24,27)/t21-/m1/s1. The van der Waals surface area contributed by atoms with Gasteiger partial charge < -0.3 is 5.32 Å². The number of sulfonamides is 1. The lowest BCUT2D eigenvalue weighted by molar-refractivity contribution is -0.384. The molecule has 0 aliphatic carbocycles. The van der Waals surface area contributed by atoms with E-state index in [0.29, 0.717) is 11.1 Å². The molecule has 0 aliphatic heterocycles.